The van der Waals surface area contributed by atoms with Gasteiger partial charge in [-0.3, -0.25) is 0 Å². The zero-order chi connectivity index (χ0) is 14.3. The quantitative estimate of drug-likeness (QED) is 0.828. The van der Waals surface area contributed by atoms with Crippen LogP contribution >= 0.6 is 0 Å². The van der Waals surface area contributed by atoms with Gasteiger partial charge in [-0.15, -0.1) is 0 Å². The first-order chi connectivity index (χ1) is 9.06. The van der Waals surface area contributed by atoms with Crippen LogP contribution in [0.2, 0.25) is 0 Å². The first kappa shape index (κ1) is 15.3. The molecule has 0 fully saturated rings. The maximum Gasteiger partial charge on any atom is 0.315 e. The maximum absolute atomic E-state index is 11.7. The van der Waals surface area contributed by atoms with E-state index in [0.29, 0.717) is 6.61 Å². The van der Waals surface area contributed by atoms with E-state index in [1.165, 1.54) is 0 Å². The Morgan fingerprint density at radius 3 is 2.32 bits per heavy atom. The summed E-state index contributed by atoms with van der Waals surface area (Å²) in [4.78, 5) is 11.7. The second kappa shape index (κ2) is 7.67. The van der Waals surface area contributed by atoms with E-state index in [9.17, 15) is 4.79 Å². The minimum atomic E-state index is -0.129. The van der Waals surface area contributed by atoms with Gasteiger partial charge < -0.3 is 15.4 Å². The molecule has 0 saturated carbocycles. The first-order valence-corrected chi connectivity index (χ1v) is 6.86. The molecule has 0 aliphatic rings. The van der Waals surface area contributed by atoms with E-state index in [-0.39, 0.29) is 18.1 Å². The molecule has 0 aliphatic carbocycles. The third-order valence-electron chi connectivity index (χ3n) is 3.03. The molecule has 0 saturated heterocycles. The highest BCUT2D eigenvalue weighted by Gasteiger charge is 2.10. The second-order valence-corrected chi connectivity index (χ2v) is 4.65. The molecule has 0 heterocycles. The van der Waals surface area contributed by atoms with Crippen molar-refractivity contribution in [1.82, 2.24) is 10.6 Å². The molecule has 4 heteroatoms. The van der Waals surface area contributed by atoms with Crippen LogP contribution in [0.25, 0.3) is 0 Å². The molecule has 0 aliphatic heterocycles. The number of urea groups is 1. The van der Waals surface area contributed by atoms with Crippen LogP contribution in [-0.4, -0.2) is 18.7 Å². The van der Waals surface area contributed by atoms with E-state index in [1.807, 2.05) is 52.0 Å². The van der Waals surface area contributed by atoms with E-state index in [1.54, 1.807) is 0 Å². The molecule has 1 aromatic carbocycles. The van der Waals surface area contributed by atoms with Gasteiger partial charge in [0.2, 0.25) is 0 Å². The predicted molar refractivity (Wildman–Crippen MR) is 77.4 cm³/mol. The van der Waals surface area contributed by atoms with Crippen molar-refractivity contribution >= 4 is 6.03 Å². The Balaban J connectivity index is 2.52. The van der Waals surface area contributed by atoms with Crippen molar-refractivity contribution in [2.45, 2.75) is 46.2 Å². The van der Waals surface area contributed by atoms with E-state index >= 15 is 0 Å². The molecule has 2 amide bonds. The molecule has 19 heavy (non-hydrogen) atoms. The fraction of sp³-hybridized carbons (Fsp3) is 0.533. The van der Waals surface area contributed by atoms with Crippen molar-refractivity contribution in [2.75, 3.05) is 6.61 Å². The number of carbonyl (C=O) groups excluding carboxylic acids is 1. The van der Waals surface area contributed by atoms with Gasteiger partial charge in [-0.05, 0) is 44.9 Å². The number of nitrogens with one attached hydrogen (secondary N) is 2. The largest absolute Gasteiger partial charge is 0.494 e. The van der Waals surface area contributed by atoms with Gasteiger partial charge in [0.25, 0.3) is 0 Å². The van der Waals surface area contributed by atoms with Crippen LogP contribution in [0.1, 0.15) is 45.7 Å². The zero-order valence-electron chi connectivity index (χ0n) is 12.2. The summed E-state index contributed by atoms with van der Waals surface area (Å²) in [5, 5.41) is 5.81. The number of ether oxygens (including phenoxy) is 1. The molecule has 1 rings (SSSR count). The normalized spacial score (nSPS) is 13.5. The molecule has 0 unspecified atom stereocenters. The average molecular weight is 264 g/mol. The summed E-state index contributed by atoms with van der Waals surface area (Å²) in [5.41, 5.74) is 1.06. The summed E-state index contributed by atoms with van der Waals surface area (Å²) in [6, 6.07) is 7.81. The molecule has 0 spiro atoms. The highest BCUT2D eigenvalue weighted by atomic mass is 16.5. The lowest BCUT2D eigenvalue weighted by atomic mass is 10.1. The average Bonchev–Trinajstić information content (AvgIpc) is 2.39. The summed E-state index contributed by atoms with van der Waals surface area (Å²) in [5.74, 6) is 0.850. The van der Waals surface area contributed by atoms with Gasteiger partial charge in [0, 0.05) is 6.04 Å². The van der Waals surface area contributed by atoms with Gasteiger partial charge in [-0.2, -0.15) is 0 Å². The van der Waals surface area contributed by atoms with Gasteiger partial charge in [0.15, 0.2) is 0 Å². The van der Waals surface area contributed by atoms with Gasteiger partial charge in [0.1, 0.15) is 5.75 Å². The minimum absolute atomic E-state index is 0.0280. The molecular weight excluding hydrogens is 240 g/mol. The van der Waals surface area contributed by atoms with Crippen LogP contribution in [0.5, 0.6) is 5.75 Å². The van der Waals surface area contributed by atoms with Crippen molar-refractivity contribution in [3.05, 3.63) is 29.8 Å². The lowest BCUT2D eigenvalue weighted by molar-refractivity contribution is 0.234. The van der Waals surface area contributed by atoms with E-state index in [2.05, 4.69) is 10.6 Å². The second-order valence-electron chi connectivity index (χ2n) is 4.65. The molecule has 0 aromatic heterocycles. The van der Waals surface area contributed by atoms with Crippen molar-refractivity contribution in [3.8, 4) is 5.75 Å². The topological polar surface area (TPSA) is 50.4 Å². The Morgan fingerprint density at radius 1 is 1.16 bits per heavy atom. The lowest BCUT2D eigenvalue weighted by Gasteiger charge is -2.18. The van der Waals surface area contributed by atoms with E-state index in [0.717, 1.165) is 17.7 Å². The lowest BCUT2D eigenvalue weighted by Crippen LogP contribution is -2.41. The van der Waals surface area contributed by atoms with Gasteiger partial charge >= 0.3 is 6.03 Å². The molecule has 0 radical (unpaired) electrons. The van der Waals surface area contributed by atoms with Crippen LogP contribution in [0.4, 0.5) is 4.79 Å². The fourth-order valence-corrected chi connectivity index (χ4v) is 1.67. The molecule has 2 atom stereocenters. The standard InChI is InChI=1S/C15H24N2O2/c1-5-11(3)16-15(18)17-12(4)13-7-9-14(10-8-13)19-6-2/h7-12H,5-6H2,1-4H3,(H2,16,17,18)/t11-,12-/m1/s1. The number of hydrogen-bond acceptors (Lipinski definition) is 2. The van der Waals surface area contributed by atoms with Gasteiger partial charge in [-0.1, -0.05) is 19.1 Å². The molecular formula is C15H24N2O2. The Morgan fingerprint density at radius 2 is 1.79 bits per heavy atom. The molecule has 4 nitrogen and oxygen atoms in total. The number of carbonyl (C=O) groups is 1. The molecule has 106 valence electrons. The van der Waals surface area contributed by atoms with Gasteiger partial charge in [-0.25, -0.2) is 4.79 Å². The van der Waals surface area contributed by atoms with Crippen LogP contribution in [0.15, 0.2) is 24.3 Å². The summed E-state index contributed by atoms with van der Waals surface area (Å²) < 4.78 is 5.39. The first-order valence-electron chi connectivity index (χ1n) is 6.86. The maximum atomic E-state index is 11.7. The number of benzene rings is 1. The van der Waals surface area contributed by atoms with Gasteiger partial charge in [0.05, 0.1) is 12.6 Å². The Kier molecular flexibility index (Phi) is 6.19. The van der Waals surface area contributed by atoms with E-state index < -0.39 is 0 Å². The van der Waals surface area contributed by atoms with Crippen molar-refractivity contribution in [3.63, 3.8) is 0 Å². The Labute approximate surface area is 115 Å². The Bertz CT molecular complexity index is 390. The Hall–Kier alpha value is -1.71. The minimum Gasteiger partial charge on any atom is -0.494 e. The van der Waals surface area contributed by atoms with Crippen molar-refractivity contribution < 1.29 is 9.53 Å². The van der Waals surface area contributed by atoms with E-state index in [4.69, 9.17) is 4.74 Å². The molecule has 0 bridgehead atoms. The van der Waals surface area contributed by atoms with Crippen molar-refractivity contribution in [2.24, 2.45) is 0 Å². The SMILES string of the molecule is CCOc1ccc([C@@H](C)NC(=O)N[C@H](C)CC)cc1. The number of hydrogen-bond donors (Lipinski definition) is 2. The van der Waals surface area contributed by atoms with Crippen molar-refractivity contribution in [1.29, 1.82) is 0 Å². The highest BCUT2D eigenvalue weighted by Crippen LogP contribution is 2.17. The summed E-state index contributed by atoms with van der Waals surface area (Å²) >= 11 is 0. The van der Waals surface area contributed by atoms with Crippen LogP contribution in [0, 0.1) is 0 Å². The summed E-state index contributed by atoms with van der Waals surface area (Å²) in [6.45, 7) is 8.61. The summed E-state index contributed by atoms with van der Waals surface area (Å²) in [6.07, 6.45) is 0.921. The van der Waals surface area contributed by atoms with Crippen LogP contribution in [0.3, 0.4) is 0 Å². The monoisotopic (exact) mass is 264 g/mol. The zero-order valence-corrected chi connectivity index (χ0v) is 12.2. The van der Waals surface area contributed by atoms with Crippen LogP contribution < -0.4 is 15.4 Å². The summed E-state index contributed by atoms with van der Waals surface area (Å²) in [7, 11) is 0. The van der Waals surface area contributed by atoms with Crippen LogP contribution in [-0.2, 0) is 0 Å². The smallest absolute Gasteiger partial charge is 0.315 e. The molecule has 1 aromatic rings. The molecule has 2 N–H and O–H groups in total. The predicted octanol–water partition coefficient (Wildman–Crippen LogP) is 3.24. The number of rotatable bonds is 6. The fourth-order valence-electron chi connectivity index (χ4n) is 1.67. The third-order valence-corrected chi connectivity index (χ3v) is 3.03. The third kappa shape index (κ3) is 5.20. The highest BCUT2D eigenvalue weighted by molar-refractivity contribution is 5.74. The number of amides is 2.